The molecule has 1 aromatic heterocycles. The highest BCUT2D eigenvalue weighted by molar-refractivity contribution is 7.12. The summed E-state index contributed by atoms with van der Waals surface area (Å²) < 4.78 is 5.45. The van der Waals surface area contributed by atoms with Crippen LogP contribution in [0.25, 0.3) is 0 Å². The summed E-state index contributed by atoms with van der Waals surface area (Å²) in [5, 5.41) is 5.36. The summed E-state index contributed by atoms with van der Waals surface area (Å²) in [5.74, 6) is -1.25. The van der Waals surface area contributed by atoms with Crippen molar-refractivity contribution in [3.63, 3.8) is 0 Å². The van der Waals surface area contributed by atoms with Crippen LogP contribution in [0.15, 0.2) is 24.3 Å². The molecule has 1 aromatic carbocycles. The second kappa shape index (κ2) is 8.57. The number of thiophene rings is 1. The largest absolute Gasteiger partial charge is 0.374 e. The van der Waals surface area contributed by atoms with E-state index in [-0.39, 0.29) is 18.6 Å². The number of benzene rings is 1. The third-order valence-electron chi connectivity index (χ3n) is 5.55. The Hall–Kier alpha value is -2.71. The normalized spacial score (nSPS) is 16.1. The lowest BCUT2D eigenvalue weighted by Gasteiger charge is -2.35. The van der Waals surface area contributed by atoms with E-state index in [1.54, 1.807) is 18.4 Å². The fourth-order valence-corrected chi connectivity index (χ4v) is 5.06. The lowest BCUT2D eigenvalue weighted by atomic mass is 9.91. The number of anilines is 2. The van der Waals surface area contributed by atoms with Crippen molar-refractivity contribution in [3.05, 3.63) is 45.1 Å². The van der Waals surface area contributed by atoms with Crippen molar-refractivity contribution in [2.45, 2.75) is 38.7 Å². The van der Waals surface area contributed by atoms with Crippen LogP contribution in [0.4, 0.5) is 11.4 Å². The van der Waals surface area contributed by atoms with Gasteiger partial charge in [-0.2, -0.15) is 0 Å². The van der Waals surface area contributed by atoms with Crippen molar-refractivity contribution in [3.8, 4) is 0 Å². The molecule has 0 saturated heterocycles. The van der Waals surface area contributed by atoms with Crippen LogP contribution in [-0.4, -0.2) is 37.9 Å². The maximum absolute atomic E-state index is 12.4. The topological polar surface area (TPSA) is 87.7 Å². The van der Waals surface area contributed by atoms with Gasteiger partial charge in [0, 0.05) is 42.1 Å². The number of rotatable bonds is 5. The zero-order valence-electron chi connectivity index (χ0n) is 17.1. The summed E-state index contributed by atoms with van der Waals surface area (Å²) in [4.78, 5) is 40.9. The number of carbonyl (C=O) groups is 3. The molecule has 2 aliphatic rings. The van der Waals surface area contributed by atoms with Gasteiger partial charge in [-0.1, -0.05) is 0 Å². The van der Waals surface area contributed by atoms with Crippen molar-refractivity contribution in [2.75, 3.05) is 30.4 Å². The van der Waals surface area contributed by atoms with Crippen LogP contribution in [0.1, 0.15) is 39.8 Å². The van der Waals surface area contributed by atoms with E-state index in [9.17, 15) is 14.4 Å². The molecule has 4 rings (SSSR count). The third kappa shape index (κ3) is 4.11. The van der Waals surface area contributed by atoms with E-state index in [4.69, 9.17) is 4.74 Å². The van der Waals surface area contributed by atoms with Crippen LogP contribution in [0, 0.1) is 6.92 Å². The second-order valence-electron chi connectivity index (χ2n) is 7.63. The quantitative estimate of drug-likeness (QED) is 0.719. The Morgan fingerprint density at radius 3 is 2.63 bits per heavy atom. The molecule has 1 atom stereocenters. The maximum Gasteiger partial charge on any atom is 0.313 e. The molecule has 2 aliphatic heterocycles. The predicted octanol–water partition coefficient (Wildman–Crippen LogP) is 2.72. The minimum Gasteiger partial charge on any atom is -0.374 e. The summed E-state index contributed by atoms with van der Waals surface area (Å²) in [7, 11) is 1.58. The molecule has 2 aromatic rings. The lowest BCUT2D eigenvalue weighted by Crippen LogP contribution is -2.39. The number of carbonyl (C=O) groups excluding carboxylic acids is 3. The van der Waals surface area contributed by atoms with Crippen molar-refractivity contribution < 1.29 is 19.1 Å². The average molecular weight is 428 g/mol. The first-order valence-corrected chi connectivity index (χ1v) is 10.9. The van der Waals surface area contributed by atoms with Crippen LogP contribution in [0.2, 0.25) is 0 Å². The number of nitrogens with one attached hydrogen (secondary N) is 2. The molecular formula is C22H25N3O4S. The molecule has 0 aliphatic carbocycles. The van der Waals surface area contributed by atoms with Gasteiger partial charge in [0.1, 0.15) is 6.10 Å². The lowest BCUT2D eigenvalue weighted by molar-refractivity contribution is -0.136. The van der Waals surface area contributed by atoms with Crippen LogP contribution in [-0.2, 0) is 32.0 Å². The van der Waals surface area contributed by atoms with E-state index >= 15 is 0 Å². The zero-order valence-corrected chi connectivity index (χ0v) is 17.9. The van der Waals surface area contributed by atoms with E-state index < -0.39 is 11.8 Å². The molecule has 0 bridgehead atoms. The number of hydrogen-bond donors (Lipinski definition) is 2. The average Bonchev–Trinajstić information content (AvgIpc) is 3.17. The first kappa shape index (κ1) is 20.6. The molecule has 0 fully saturated rings. The Balaban J connectivity index is 1.41. The SMILES string of the molecule is COC(CNC(=O)C(=O)Nc1cc2c3c(c1)CCC(=O)N3CCC2)c1ccc(C)s1. The molecule has 1 unspecified atom stereocenters. The van der Waals surface area contributed by atoms with E-state index in [2.05, 4.69) is 10.6 Å². The van der Waals surface area contributed by atoms with Crippen LogP contribution < -0.4 is 15.5 Å². The maximum atomic E-state index is 12.4. The highest BCUT2D eigenvalue weighted by Gasteiger charge is 2.30. The summed E-state index contributed by atoms with van der Waals surface area (Å²) in [6, 6.07) is 7.72. The predicted molar refractivity (Wildman–Crippen MR) is 116 cm³/mol. The van der Waals surface area contributed by atoms with Gasteiger partial charge in [-0.05, 0) is 61.6 Å². The highest BCUT2D eigenvalue weighted by atomic mass is 32.1. The molecule has 3 amide bonds. The minimum absolute atomic E-state index is 0.160. The van der Waals surface area contributed by atoms with E-state index in [1.165, 1.54) is 0 Å². The molecule has 30 heavy (non-hydrogen) atoms. The van der Waals surface area contributed by atoms with Gasteiger partial charge >= 0.3 is 11.8 Å². The van der Waals surface area contributed by atoms with Crippen LogP contribution in [0.3, 0.4) is 0 Å². The first-order valence-electron chi connectivity index (χ1n) is 10.1. The van der Waals surface area contributed by atoms with Gasteiger partial charge in [0.15, 0.2) is 0 Å². The fourth-order valence-electron chi connectivity index (χ4n) is 4.11. The van der Waals surface area contributed by atoms with Crippen LogP contribution >= 0.6 is 11.3 Å². The second-order valence-corrected chi connectivity index (χ2v) is 8.95. The number of aryl methyl sites for hydroxylation is 3. The first-order chi connectivity index (χ1) is 14.5. The van der Waals surface area contributed by atoms with E-state index in [0.29, 0.717) is 18.5 Å². The van der Waals surface area contributed by atoms with Crippen molar-refractivity contribution in [2.24, 2.45) is 0 Å². The smallest absolute Gasteiger partial charge is 0.313 e. The third-order valence-corrected chi connectivity index (χ3v) is 6.64. The van der Waals surface area contributed by atoms with Crippen molar-refractivity contribution in [1.82, 2.24) is 5.32 Å². The number of amides is 3. The molecule has 3 heterocycles. The van der Waals surface area contributed by atoms with Gasteiger partial charge in [-0.15, -0.1) is 11.3 Å². The van der Waals surface area contributed by atoms with E-state index in [1.807, 2.05) is 36.1 Å². The van der Waals surface area contributed by atoms with Crippen molar-refractivity contribution >= 4 is 40.4 Å². The standard InChI is InChI=1S/C22H25N3O4S/c1-13-5-7-18(30-13)17(29-2)12-23-21(27)22(28)24-16-10-14-4-3-9-25-19(26)8-6-15(11-16)20(14)25/h5,7,10-11,17H,3-4,6,8-9,12H2,1-2H3,(H,23,27)(H,24,28). The molecule has 2 N–H and O–H groups in total. The molecule has 0 saturated carbocycles. The molecular weight excluding hydrogens is 402 g/mol. The minimum atomic E-state index is -0.709. The number of hydrogen-bond acceptors (Lipinski definition) is 5. The summed E-state index contributed by atoms with van der Waals surface area (Å²) in [5.41, 5.74) is 3.69. The Bertz CT molecular complexity index is 983. The van der Waals surface area contributed by atoms with Crippen LogP contribution in [0.5, 0.6) is 0 Å². The van der Waals surface area contributed by atoms with Gasteiger partial charge in [0.05, 0.1) is 5.69 Å². The molecule has 0 radical (unpaired) electrons. The molecule has 158 valence electrons. The van der Waals surface area contributed by atoms with Gasteiger partial charge in [-0.25, -0.2) is 0 Å². The molecule has 8 heteroatoms. The Labute approximate surface area is 179 Å². The van der Waals surface area contributed by atoms with Crippen molar-refractivity contribution in [1.29, 1.82) is 0 Å². The summed E-state index contributed by atoms with van der Waals surface area (Å²) in [6.07, 6.45) is 2.60. The van der Waals surface area contributed by atoms with E-state index in [0.717, 1.165) is 46.0 Å². The molecule has 0 spiro atoms. The number of methoxy groups -OCH3 is 1. The van der Waals surface area contributed by atoms with Gasteiger partial charge < -0.3 is 20.3 Å². The van der Waals surface area contributed by atoms with Gasteiger partial charge in [0.25, 0.3) is 0 Å². The van der Waals surface area contributed by atoms with Gasteiger partial charge in [-0.3, -0.25) is 14.4 Å². The van der Waals surface area contributed by atoms with Gasteiger partial charge in [0.2, 0.25) is 5.91 Å². The number of nitrogens with zero attached hydrogens (tertiary/aromatic N) is 1. The fraction of sp³-hybridized carbons (Fsp3) is 0.409. The number of ether oxygens (including phenoxy) is 1. The Morgan fingerprint density at radius 1 is 1.17 bits per heavy atom. The molecule has 7 nitrogen and oxygen atoms in total. The highest BCUT2D eigenvalue weighted by Crippen LogP contribution is 2.37. The monoisotopic (exact) mass is 427 g/mol. The summed E-state index contributed by atoms with van der Waals surface area (Å²) >= 11 is 1.60. The Kier molecular flexibility index (Phi) is 5.87. The zero-order chi connectivity index (χ0) is 21.3. The Morgan fingerprint density at radius 2 is 1.93 bits per heavy atom. The summed E-state index contributed by atoms with van der Waals surface area (Å²) in [6.45, 7) is 2.97.